The van der Waals surface area contributed by atoms with Gasteiger partial charge in [-0.15, -0.1) is 0 Å². The average molecular weight is 286 g/mol. The van der Waals surface area contributed by atoms with Crippen LogP contribution in [0.3, 0.4) is 0 Å². The molecule has 4 heteroatoms. The van der Waals surface area contributed by atoms with Gasteiger partial charge in [0.2, 0.25) is 0 Å². The lowest BCUT2D eigenvalue weighted by molar-refractivity contribution is 1.19. The summed E-state index contributed by atoms with van der Waals surface area (Å²) in [5, 5.41) is 0. The molecule has 0 radical (unpaired) electrons. The predicted octanol–water partition coefficient (Wildman–Crippen LogP) is 3.65. The van der Waals surface area contributed by atoms with Crippen molar-refractivity contribution in [2.75, 3.05) is 5.73 Å². The van der Waals surface area contributed by atoms with Gasteiger partial charge in [0.05, 0.1) is 11.9 Å². The molecule has 0 atom stereocenters. The minimum atomic E-state index is 0.761. The molecule has 4 nitrogen and oxygen atoms in total. The summed E-state index contributed by atoms with van der Waals surface area (Å²) in [6, 6.07) is 15.9. The van der Waals surface area contributed by atoms with E-state index in [9.17, 15) is 0 Å². The fourth-order valence-corrected chi connectivity index (χ4v) is 2.56. The summed E-state index contributed by atoms with van der Waals surface area (Å²) < 4.78 is 2.07. The lowest BCUT2D eigenvalue weighted by Gasteiger charge is -2.05. The molecule has 0 amide bonds. The standard InChI is InChI=1S/C18H14N4/c19-16-5-3-13(4-6-16)17-12-21-18-10-14(7-9-22(17)18)15-2-1-8-20-11-15/h1-12H,19H2. The number of nitrogen functional groups attached to an aromatic ring is 1. The zero-order chi connectivity index (χ0) is 14.9. The molecule has 0 unspecified atom stereocenters. The van der Waals surface area contributed by atoms with Gasteiger partial charge in [-0.3, -0.25) is 9.38 Å². The van der Waals surface area contributed by atoms with Gasteiger partial charge >= 0.3 is 0 Å². The van der Waals surface area contributed by atoms with Crippen LogP contribution in [0.4, 0.5) is 5.69 Å². The molecule has 0 aliphatic rings. The molecule has 4 rings (SSSR count). The third kappa shape index (κ3) is 2.11. The van der Waals surface area contributed by atoms with Crippen molar-refractivity contribution in [3.05, 3.63) is 73.3 Å². The van der Waals surface area contributed by atoms with Crippen LogP contribution in [0.25, 0.3) is 28.0 Å². The highest BCUT2D eigenvalue weighted by Crippen LogP contribution is 2.25. The number of pyridine rings is 2. The molecule has 1 aromatic carbocycles. The van der Waals surface area contributed by atoms with Crippen LogP contribution in [0, 0.1) is 0 Å². The normalized spacial score (nSPS) is 10.9. The van der Waals surface area contributed by atoms with Crippen molar-refractivity contribution < 1.29 is 0 Å². The van der Waals surface area contributed by atoms with Gasteiger partial charge in [0, 0.05) is 35.4 Å². The molecular formula is C18H14N4. The molecule has 0 saturated carbocycles. The highest BCUT2D eigenvalue weighted by Gasteiger charge is 2.07. The van der Waals surface area contributed by atoms with Crippen molar-refractivity contribution in [3.63, 3.8) is 0 Å². The van der Waals surface area contributed by atoms with Gasteiger partial charge in [-0.2, -0.15) is 0 Å². The van der Waals surface area contributed by atoms with E-state index in [0.717, 1.165) is 33.7 Å². The molecule has 3 aromatic heterocycles. The molecule has 4 aromatic rings. The SMILES string of the molecule is Nc1ccc(-c2cnc3cc(-c4cccnc4)ccn23)cc1. The van der Waals surface area contributed by atoms with Crippen molar-refractivity contribution in [2.45, 2.75) is 0 Å². The summed E-state index contributed by atoms with van der Waals surface area (Å²) in [4.78, 5) is 8.68. The third-order valence-electron chi connectivity index (χ3n) is 3.71. The Morgan fingerprint density at radius 3 is 2.50 bits per heavy atom. The van der Waals surface area contributed by atoms with Crippen LogP contribution in [0.1, 0.15) is 0 Å². The minimum absolute atomic E-state index is 0.761. The monoisotopic (exact) mass is 286 g/mol. The van der Waals surface area contributed by atoms with E-state index in [-0.39, 0.29) is 0 Å². The summed E-state index contributed by atoms with van der Waals surface area (Å²) in [7, 11) is 0. The summed E-state index contributed by atoms with van der Waals surface area (Å²) in [6.07, 6.45) is 7.55. The molecule has 0 spiro atoms. The van der Waals surface area contributed by atoms with Gasteiger partial charge in [0.15, 0.2) is 0 Å². The summed E-state index contributed by atoms with van der Waals surface area (Å²) >= 11 is 0. The molecule has 2 N–H and O–H groups in total. The van der Waals surface area contributed by atoms with Crippen LogP contribution < -0.4 is 5.73 Å². The van der Waals surface area contributed by atoms with Crippen molar-refractivity contribution in [1.29, 1.82) is 0 Å². The van der Waals surface area contributed by atoms with Gasteiger partial charge in [0.25, 0.3) is 0 Å². The number of hydrogen-bond acceptors (Lipinski definition) is 3. The summed E-state index contributed by atoms with van der Waals surface area (Å²) in [5.41, 5.74) is 11.8. The van der Waals surface area contributed by atoms with Gasteiger partial charge in [-0.05, 0) is 35.9 Å². The van der Waals surface area contributed by atoms with Crippen molar-refractivity contribution in [1.82, 2.24) is 14.4 Å². The number of anilines is 1. The number of fused-ring (bicyclic) bond motifs is 1. The quantitative estimate of drug-likeness (QED) is 0.572. The molecule has 106 valence electrons. The number of hydrogen-bond donors (Lipinski definition) is 1. The Bertz CT molecular complexity index is 924. The van der Waals surface area contributed by atoms with Crippen molar-refractivity contribution in [3.8, 4) is 22.4 Å². The first kappa shape index (κ1) is 12.6. The second-order valence-electron chi connectivity index (χ2n) is 5.15. The van der Waals surface area contributed by atoms with E-state index in [1.807, 2.05) is 55.0 Å². The molecule has 3 heterocycles. The Hall–Kier alpha value is -3.14. The van der Waals surface area contributed by atoms with Crippen LogP contribution in [-0.4, -0.2) is 14.4 Å². The Labute approximate surface area is 127 Å². The molecule has 0 bridgehead atoms. The summed E-state index contributed by atoms with van der Waals surface area (Å²) in [5.74, 6) is 0. The number of nitrogens with two attached hydrogens (primary N) is 1. The fraction of sp³-hybridized carbons (Fsp3) is 0. The van der Waals surface area contributed by atoms with Crippen LogP contribution in [0.15, 0.2) is 73.3 Å². The molecule has 22 heavy (non-hydrogen) atoms. The molecule has 0 fully saturated rings. The topological polar surface area (TPSA) is 56.2 Å². The Kier molecular flexibility index (Phi) is 2.86. The third-order valence-corrected chi connectivity index (χ3v) is 3.71. The number of nitrogens with zero attached hydrogens (tertiary/aromatic N) is 3. The maximum Gasteiger partial charge on any atom is 0.137 e. The van der Waals surface area contributed by atoms with E-state index in [1.54, 1.807) is 6.20 Å². The van der Waals surface area contributed by atoms with E-state index >= 15 is 0 Å². The minimum Gasteiger partial charge on any atom is -0.399 e. The first-order chi connectivity index (χ1) is 10.8. The van der Waals surface area contributed by atoms with Crippen LogP contribution in [0.2, 0.25) is 0 Å². The fourth-order valence-electron chi connectivity index (χ4n) is 2.56. The first-order valence-electron chi connectivity index (χ1n) is 7.05. The molecule has 0 aliphatic heterocycles. The van der Waals surface area contributed by atoms with Gasteiger partial charge in [0.1, 0.15) is 5.65 Å². The Morgan fingerprint density at radius 1 is 0.864 bits per heavy atom. The zero-order valence-electron chi connectivity index (χ0n) is 11.8. The van der Waals surface area contributed by atoms with Gasteiger partial charge in [-0.25, -0.2) is 4.98 Å². The number of aromatic nitrogens is 3. The van der Waals surface area contributed by atoms with Crippen LogP contribution in [-0.2, 0) is 0 Å². The molecule has 0 saturated heterocycles. The lowest BCUT2D eigenvalue weighted by Crippen LogP contribution is -1.90. The maximum atomic E-state index is 5.75. The van der Waals surface area contributed by atoms with Crippen molar-refractivity contribution >= 4 is 11.3 Å². The number of imidazole rings is 1. The second-order valence-corrected chi connectivity index (χ2v) is 5.15. The van der Waals surface area contributed by atoms with E-state index in [1.165, 1.54) is 0 Å². The number of rotatable bonds is 2. The Morgan fingerprint density at radius 2 is 1.73 bits per heavy atom. The Balaban J connectivity index is 1.82. The first-order valence-corrected chi connectivity index (χ1v) is 7.05. The van der Waals surface area contributed by atoms with E-state index in [4.69, 9.17) is 5.73 Å². The predicted molar refractivity (Wildman–Crippen MR) is 88.3 cm³/mol. The largest absolute Gasteiger partial charge is 0.399 e. The van der Waals surface area contributed by atoms with Gasteiger partial charge in [-0.1, -0.05) is 18.2 Å². The zero-order valence-corrected chi connectivity index (χ0v) is 11.8. The molecule has 0 aliphatic carbocycles. The average Bonchev–Trinajstić information content (AvgIpc) is 2.99. The van der Waals surface area contributed by atoms with Crippen molar-refractivity contribution in [2.24, 2.45) is 0 Å². The highest BCUT2D eigenvalue weighted by molar-refractivity contribution is 5.70. The second kappa shape index (κ2) is 5.00. The lowest BCUT2D eigenvalue weighted by atomic mass is 10.1. The van der Waals surface area contributed by atoms with Crippen LogP contribution in [0.5, 0.6) is 0 Å². The van der Waals surface area contributed by atoms with Crippen LogP contribution >= 0.6 is 0 Å². The van der Waals surface area contributed by atoms with E-state index in [0.29, 0.717) is 0 Å². The van der Waals surface area contributed by atoms with Gasteiger partial charge < -0.3 is 5.73 Å². The highest BCUT2D eigenvalue weighted by atomic mass is 15.0. The maximum absolute atomic E-state index is 5.75. The summed E-state index contributed by atoms with van der Waals surface area (Å²) in [6.45, 7) is 0. The smallest absolute Gasteiger partial charge is 0.137 e. The van der Waals surface area contributed by atoms with E-state index < -0.39 is 0 Å². The number of benzene rings is 1. The molecular weight excluding hydrogens is 272 g/mol. The van der Waals surface area contributed by atoms with E-state index in [2.05, 4.69) is 26.5 Å².